The summed E-state index contributed by atoms with van der Waals surface area (Å²) in [5, 5.41) is 11.4. The Labute approximate surface area is 194 Å². The van der Waals surface area contributed by atoms with Crippen LogP contribution in [0.5, 0.6) is 0 Å². The van der Waals surface area contributed by atoms with Crippen LogP contribution in [0.25, 0.3) is 5.76 Å². The molecular formula is C29H27NO3. The van der Waals surface area contributed by atoms with Crippen LogP contribution in [0.4, 0.5) is 5.69 Å². The van der Waals surface area contributed by atoms with Gasteiger partial charge in [-0.1, -0.05) is 59.7 Å². The minimum Gasteiger partial charge on any atom is -0.507 e. The summed E-state index contributed by atoms with van der Waals surface area (Å²) in [7, 11) is 0. The predicted octanol–water partition coefficient (Wildman–Crippen LogP) is 5.81. The molecule has 1 saturated heterocycles. The van der Waals surface area contributed by atoms with Gasteiger partial charge in [-0.25, -0.2) is 0 Å². The minimum absolute atomic E-state index is 0.108. The second-order valence-corrected chi connectivity index (χ2v) is 9.11. The van der Waals surface area contributed by atoms with Crippen molar-refractivity contribution in [1.29, 1.82) is 0 Å². The molecule has 0 radical (unpaired) electrons. The van der Waals surface area contributed by atoms with Crippen molar-refractivity contribution in [2.75, 3.05) is 4.90 Å². The summed E-state index contributed by atoms with van der Waals surface area (Å²) >= 11 is 0. The maximum absolute atomic E-state index is 13.3. The number of ketones is 1. The zero-order chi connectivity index (χ0) is 23.1. The topological polar surface area (TPSA) is 57.6 Å². The molecule has 1 fully saturated rings. The Morgan fingerprint density at radius 2 is 1.58 bits per heavy atom. The molecule has 1 unspecified atom stereocenters. The van der Waals surface area contributed by atoms with Gasteiger partial charge in [-0.2, -0.15) is 0 Å². The molecule has 0 saturated carbocycles. The van der Waals surface area contributed by atoms with E-state index in [4.69, 9.17) is 0 Å². The highest BCUT2D eigenvalue weighted by Crippen LogP contribution is 2.42. The number of carbonyl (C=O) groups is 2. The third kappa shape index (κ3) is 3.76. The maximum Gasteiger partial charge on any atom is 0.300 e. The first-order valence-corrected chi connectivity index (χ1v) is 11.5. The lowest BCUT2D eigenvalue weighted by Crippen LogP contribution is -2.29. The number of hydrogen-bond acceptors (Lipinski definition) is 3. The molecule has 3 aromatic rings. The van der Waals surface area contributed by atoms with Crippen molar-refractivity contribution >= 4 is 23.1 Å². The van der Waals surface area contributed by atoms with Gasteiger partial charge in [0.15, 0.2) is 0 Å². The van der Waals surface area contributed by atoms with Gasteiger partial charge in [0.2, 0.25) is 0 Å². The van der Waals surface area contributed by atoms with Crippen LogP contribution in [0.1, 0.15) is 52.3 Å². The van der Waals surface area contributed by atoms with Crippen molar-refractivity contribution < 1.29 is 14.7 Å². The van der Waals surface area contributed by atoms with Crippen molar-refractivity contribution in [3.63, 3.8) is 0 Å². The Balaban J connectivity index is 1.70. The molecular weight excluding hydrogens is 410 g/mol. The number of hydrogen-bond donors (Lipinski definition) is 1. The lowest BCUT2D eigenvalue weighted by molar-refractivity contribution is -0.132. The highest BCUT2D eigenvalue weighted by atomic mass is 16.3. The molecule has 0 bridgehead atoms. The molecule has 1 amide bonds. The van der Waals surface area contributed by atoms with Gasteiger partial charge in [0.1, 0.15) is 5.76 Å². The second kappa shape index (κ2) is 8.36. The number of Topliss-reactive ketones (excluding diaryl/α,β-unsaturated/α-hetero) is 1. The zero-order valence-electron chi connectivity index (χ0n) is 19.0. The smallest absolute Gasteiger partial charge is 0.300 e. The quantitative estimate of drug-likeness (QED) is 0.320. The van der Waals surface area contributed by atoms with Crippen molar-refractivity contribution in [2.45, 2.75) is 45.6 Å². The lowest BCUT2D eigenvalue weighted by atomic mass is 9.88. The first kappa shape index (κ1) is 21.2. The number of benzene rings is 3. The molecule has 3 aromatic carbocycles. The number of aliphatic hydroxyl groups excluding tert-OH is 1. The Morgan fingerprint density at radius 3 is 2.30 bits per heavy atom. The third-order valence-corrected chi connectivity index (χ3v) is 6.74. The van der Waals surface area contributed by atoms with Crippen LogP contribution in [0, 0.1) is 13.8 Å². The molecule has 1 heterocycles. The van der Waals surface area contributed by atoms with E-state index in [1.165, 1.54) is 22.4 Å². The number of nitrogens with zero attached hydrogens (tertiary/aromatic N) is 1. The van der Waals surface area contributed by atoms with Gasteiger partial charge in [0.05, 0.1) is 11.6 Å². The predicted molar refractivity (Wildman–Crippen MR) is 130 cm³/mol. The van der Waals surface area contributed by atoms with Gasteiger partial charge in [-0.05, 0) is 74.4 Å². The molecule has 1 N–H and O–H groups in total. The SMILES string of the molecule is Cc1ccc(N2C(=O)C(=O)/C(=C(\O)c3ccc4c(c3)CCCC4)C2c2cccc(C)c2)cc1. The summed E-state index contributed by atoms with van der Waals surface area (Å²) < 4.78 is 0. The van der Waals surface area contributed by atoms with Crippen LogP contribution in [-0.4, -0.2) is 16.8 Å². The largest absolute Gasteiger partial charge is 0.507 e. The van der Waals surface area contributed by atoms with Gasteiger partial charge in [0.25, 0.3) is 11.7 Å². The number of amides is 1. The second-order valence-electron chi connectivity index (χ2n) is 9.11. The van der Waals surface area contributed by atoms with E-state index in [9.17, 15) is 14.7 Å². The van der Waals surface area contributed by atoms with Crippen LogP contribution >= 0.6 is 0 Å². The summed E-state index contributed by atoms with van der Waals surface area (Å²) in [6.45, 7) is 3.96. The monoisotopic (exact) mass is 437 g/mol. The van der Waals surface area contributed by atoms with Gasteiger partial charge >= 0.3 is 0 Å². The zero-order valence-corrected chi connectivity index (χ0v) is 19.0. The van der Waals surface area contributed by atoms with Gasteiger partial charge in [0, 0.05) is 11.3 Å². The number of fused-ring (bicyclic) bond motifs is 1. The van der Waals surface area contributed by atoms with E-state index in [2.05, 4.69) is 0 Å². The van der Waals surface area contributed by atoms with Crippen LogP contribution in [-0.2, 0) is 22.4 Å². The molecule has 1 atom stereocenters. The maximum atomic E-state index is 13.3. The van der Waals surface area contributed by atoms with E-state index >= 15 is 0 Å². The fraction of sp³-hybridized carbons (Fsp3) is 0.241. The molecule has 2 aliphatic rings. The van der Waals surface area contributed by atoms with E-state index in [1.54, 1.807) is 0 Å². The third-order valence-electron chi connectivity index (χ3n) is 6.74. The number of aliphatic hydroxyl groups is 1. The Morgan fingerprint density at radius 1 is 0.848 bits per heavy atom. The lowest BCUT2D eigenvalue weighted by Gasteiger charge is -2.26. The normalized spacial score (nSPS) is 19.6. The van der Waals surface area contributed by atoms with E-state index in [1.807, 2.05) is 80.6 Å². The highest BCUT2D eigenvalue weighted by Gasteiger charge is 2.47. The number of carbonyl (C=O) groups excluding carboxylic acids is 2. The molecule has 5 rings (SSSR count). The summed E-state index contributed by atoms with van der Waals surface area (Å²) in [5.74, 6) is -1.38. The summed E-state index contributed by atoms with van der Waals surface area (Å²) in [4.78, 5) is 28.1. The van der Waals surface area contributed by atoms with Gasteiger partial charge in [-0.15, -0.1) is 0 Å². The molecule has 0 spiro atoms. The van der Waals surface area contributed by atoms with Crippen molar-refractivity contribution in [3.05, 3.63) is 106 Å². The van der Waals surface area contributed by atoms with Gasteiger partial charge in [-0.3, -0.25) is 14.5 Å². The summed E-state index contributed by atoms with van der Waals surface area (Å²) in [6, 6.07) is 20.5. The fourth-order valence-corrected chi connectivity index (χ4v) is 5.00. The molecule has 4 nitrogen and oxygen atoms in total. The molecule has 1 aliphatic carbocycles. The van der Waals surface area contributed by atoms with Crippen LogP contribution in [0.15, 0.2) is 72.3 Å². The molecule has 166 valence electrons. The highest BCUT2D eigenvalue weighted by molar-refractivity contribution is 6.51. The minimum atomic E-state index is -0.691. The van der Waals surface area contributed by atoms with E-state index in [0.717, 1.165) is 36.0 Å². The average molecular weight is 438 g/mol. The number of aryl methyl sites for hydroxylation is 4. The Hall–Kier alpha value is -3.66. The van der Waals surface area contributed by atoms with Gasteiger partial charge < -0.3 is 5.11 Å². The van der Waals surface area contributed by atoms with Crippen molar-refractivity contribution in [1.82, 2.24) is 0 Å². The standard InChI is InChI=1S/C29H27NO3/c1-18-10-14-24(15-11-18)30-26(22-9-5-6-19(2)16-22)25(28(32)29(30)33)27(31)23-13-12-20-7-3-4-8-21(20)17-23/h5-6,9-17,26,31H,3-4,7-8H2,1-2H3/b27-25-. The number of rotatable bonds is 3. The van der Waals surface area contributed by atoms with E-state index in [-0.39, 0.29) is 11.3 Å². The van der Waals surface area contributed by atoms with Crippen LogP contribution in [0.3, 0.4) is 0 Å². The van der Waals surface area contributed by atoms with Crippen molar-refractivity contribution in [2.24, 2.45) is 0 Å². The summed E-state index contributed by atoms with van der Waals surface area (Å²) in [5.41, 5.74) is 6.77. The fourth-order valence-electron chi connectivity index (χ4n) is 5.00. The van der Waals surface area contributed by atoms with E-state index in [0.29, 0.717) is 11.3 Å². The summed E-state index contributed by atoms with van der Waals surface area (Å²) in [6.07, 6.45) is 4.30. The molecule has 1 aliphatic heterocycles. The average Bonchev–Trinajstić information content (AvgIpc) is 3.09. The number of anilines is 1. The van der Waals surface area contributed by atoms with Crippen LogP contribution in [0.2, 0.25) is 0 Å². The Kier molecular flexibility index (Phi) is 5.37. The van der Waals surface area contributed by atoms with E-state index < -0.39 is 17.7 Å². The van der Waals surface area contributed by atoms with Crippen LogP contribution < -0.4 is 4.90 Å². The van der Waals surface area contributed by atoms with Crippen molar-refractivity contribution in [3.8, 4) is 0 Å². The Bertz CT molecular complexity index is 1290. The first-order chi connectivity index (χ1) is 15.9. The first-order valence-electron chi connectivity index (χ1n) is 11.5. The molecule has 4 heteroatoms. The molecule has 0 aromatic heterocycles. The molecule has 33 heavy (non-hydrogen) atoms.